The van der Waals surface area contributed by atoms with Gasteiger partial charge in [-0.2, -0.15) is 0 Å². The summed E-state index contributed by atoms with van der Waals surface area (Å²) in [5, 5.41) is 1.06. The Labute approximate surface area is 118 Å². The van der Waals surface area contributed by atoms with Gasteiger partial charge < -0.3 is 9.47 Å². The fraction of sp³-hybridized carbons (Fsp3) is 0.375. The van der Waals surface area contributed by atoms with Crippen LogP contribution in [0.1, 0.15) is 29.6 Å². The Balaban J connectivity index is 1.82. The summed E-state index contributed by atoms with van der Waals surface area (Å²) in [6, 6.07) is 7.53. The van der Waals surface area contributed by atoms with Crippen molar-refractivity contribution in [2.75, 3.05) is 13.1 Å². The van der Waals surface area contributed by atoms with Gasteiger partial charge in [-0.05, 0) is 36.8 Å². The van der Waals surface area contributed by atoms with E-state index in [9.17, 15) is 9.59 Å². The lowest BCUT2D eigenvalue weighted by molar-refractivity contribution is -0.132. The van der Waals surface area contributed by atoms with E-state index in [0.717, 1.165) is 43.1 Å². The third-order valence-corrected chi connectivity index (χ3v) is 3.95. The van der Waals surface area contributed by atoms with Gasteiger partial charge in [0.15, 0.2) is 0 Å². The number of aldehydes is 1. The summed E-state index contributed by atoms with van der Waals surface area (Å²) < 4.78 is 1.93. The minimum atomic E-state index is 0.165. The van der Waals surface area contributed by atoms with Crippen LogP contribution in [0.3, 0.4) is 0 Å². The molecule has 1 aliphatic rings. The molecule has 0 N–H and O–H groups in total. The molecule has 0 unspecified atom stereocenters. The van der Waals surface area contributed by atoms with Crippen LogP contribution in [-0.2, 0) is 11.3 Å². The van der Waals surface area contributed by atoms with Crippen LogP contribution < -0.4 is 0 Å². The van der Waals surface area contributed by atoms with E-state index in [-0.39, 0.29) is 5.91 Å². The fourth-order valence-corrected chi connectivity index (χ4v) is 2.80. The topological polar surface area (TPSA) is 42.3 Å². The lowest BCUT2D eigenvalue weighted by Crippen LogP contribution is -2.37. The number of rotatable bonds is 3. The van der Waals surface area contributed by atoms with Crippen LogP contribution in [0.15, 0.2) is 30.5 Å². The van der Waals surface area contributed by atoms with E-state index in [4.69, 9.17) is 0 Å². The summed E-state index contributed by atoms with van der Waals surface area (Å²) in [5.41, 5.74) is 1.59. The molecule has 4 nitrogen and oxygen atoms in total. The first-order valence-corrected chi connectivity index (χ1v) is 7.10. The Morgan fingerprint density at radius 3 is 2.70 bits per heavy atom. The maximum atomic E-state index is 12.3. The highest BCUT2D eigenvalue weighted by molar-refractivity contribution is 5.88. The molecule has 0 spiro atoms. The number of hydrogen-bond acceptors (Lipinski definition) is 2. The van der Waals surface area contributed by atoms with Gasteiger partial charge in [0.25, 0.3) is 0 Å². The Morgan fingerprint density at radius 2 is 1.95 bits per heavy atom. The van der Waals surface area contributed by atoms with Crippen LogP contribution in [0.4, 0.5) is 0 Å². The molecule has 2 heterocycles. The maximum absolute atomic E-state index is 12.3. The maximum Gasteiger partial charge on any atom is 0.242 e. The third kappa shape index (κ3) is 2.46. The highest BCUT2D eigenvalue weighted by Gasteiger charge is 2.17. The highest BCUT2D eigenvalue weighted by atomic mass is 16.2. The van der Waals surface area contributed by atoms with Crippen LogP contribution >= 0.6 is 0 Å². The molecule has 1 aromatic heterocycles. The first-order chi connectivity index (χ1) is 9.78. The molecular formula is C16H18N2O2. The second-order valence-electron chi connectivity index (χ2n) is 5.32. The first kappa shape index (κ1) is 12.9. The molecule has 104 valence electrons. The van der Waals surface area contributed by atoms with E-state index in [1.54, 1.807) is 6.07 Å². The van der Waals surface area contributed by atoms with Gasteiger partial charge in [0, 0.05) is 30.4 Å². The van der Waals surface area contributed by atoms with Crippen molar-refractivity contribution >= 4 is 23.1 Å². The fourth-order valence-electron chi connectivity index (χ4n) is 2.80. The number of aromatic nitrogens is 1. The molecule has 1 fully saturated rings. The SMILES string of the molecule is O=Cc1ccc2ccn(CC(=O)N3CCCCC3)c2c1. The molecular weight excluding hydrogens is 252 g/mol. The molecule has 1 aromatic carbocycles. The molecule has 4 heteroatoms. The molecule has 0 atom stereocenters. The summed E-state index contributed by atoms with van der Waals surface area (Å²) in [7, 11) is 0. The number of nitrogens with zero attached hydrogens (tertiary/aromatic N) is 2. The summed E-state index contributed by atoms with van der Waals surface area (Å²) >= 11 is 0. The van der Waals surface area contributed by atoms with E-state index < -0.39 is 0 Å². The smallest absolute Gasteiger partial charge is 0.242 e. The van der Waals surface area contributed by atoms with Crippen molar-refractivity contribution in [3.05, 3.63) is 36.0 Å². The minimum absolute atomic E-state index is 0.165. The van der Waals surface area contributed by atoms with Gasteiger partial charge in [0.1, 0.15) is 12.8 Å². The number of carbonyl (C=O) groups excluding carboxylic acids is 2. The van der Waals surface area contributed by atoms with Gasteiger partial charge in [0.05, 0.1) is 0 Å². The van der Waals surface area contributed by atoms with E-state index in [1.807, 2.05) is 33.9 Å². The van der Waals surface area contributed by atoms with Gasteiger partial charge in [0.2, 0.25) is 5.91 Å². The monoisotopic (exact) mass is 270 g/mol. The molecule has 3 rings (SSSR count). The Kier molecular flexibility index (Phi) is 3.54. The lowest BCUT2D eigenvalue weighted by Gasteiger charge is -2.27. The van der Waals surface area contributed by atoms with Gasteiger partial charge in [-0.15, -0.1) is 0 Å². The second kappa shape index (κ2) is 5.49. The zero-order valence-electron chi connectivity index (χ0n) is 11.4. The van der Waals surface area contributed by atoms with Crippen LogP contribution in [0.5, 0.6) is 0 Å². The highest BCUT2D eigenvalue weighted by Crippen LogP contribution is 2.18. The first-order valence-electron chi connectivity index (χ1n) is 7.10. The molecule has 1 amide bonds. The largest absolute Gasteiger partial charge is 0.341 e. The predicted molar refractivity (Wildman–Crippen MR) is 77.8 cm³/mol. The second-order valence-corrected chi connectivity index (χ2v) is 5.32. The Bertz CT molecular complexity index is 639. The van der Waals surface area contributed by atoms with Gasteiger partial charge in [-0.3, -0.25) is 9.59 Å². The van der Waals surface area contributed by atoms with Crippen LogP contribution in [-0.4, -0.2) is 34.7 Å². The van der Waals surface area contributed by atoms with Gasteiger partial charge in [-0.1, -0.05) is 12.1 Å². The van der Waals surface area contributed by atoms with Crippen molar-refractivity contribution in [1.82, 2.24) is 9.47 Å². The lowest BCUT2D eigenvalue weighted by atomic mass is 10.1. The normalized spacial score (nSPS) is 15.5. The van der Waals surface area contributed by atoms with E-state index in [1.165, 1.54) is 6.42 Å². The molecule has 0 bridgehead atoms. The van der Waals surface area contributed by atoms with Crippen molar-refractivity contribution in [3.8, 4) is 0 Å². The molecule has 1 aliphatic heterocycles. The quantitative estimate of drug-likeness (QED) is 0.804. The number of amides is 1. The van der Waals surface area contributed by atoms with Crippen LogP contribution in [0, 0.1) is 0 Å². The number of hydrogen-bond donors (Lipinski definition) is 0. The minimum Gasteiger partial charge on any atom is -0.341 e. The predicted octanol–water partition coefficient (Wildman–Crippen LogP) is 2.47. The number of fused-ring (bicyclic) bond motifs is 1. The summed E-state index contributed by atoms with van der Waals surface area (Å²) in [6.07, 6.45) is 6.18. The average molecular weight is 270 g/mol. The summed E-state index contributed by atoms with van der Waals surface area (Å²) in [6.45, 7) is 2.10. The van der Waals surface area contributed by atoms with Crippen molar-refractivity contribution in [3.63, 3.8) is 0 Å². The number of benzene rings is 1. The average Bonchev–Trinajstić information content (AvgIpc) is 2.90. The van der Waals surface area contributed by atoms with Crippen molar-refractivity contribution < 1.29 is 9.59 Å². The van der Waals surface area contributed by atoms with Crippen molar-refractivity contribution in [2.45, 2.75) is 25.8 Å². The molecule has 20 heavy (non-hydrogen) atoms. The summed E-state index contributed by atoms with van der Waals surface area (Å²) in [4.78, 5) is 25.1. The summed E-state index contributed by atoms with van der Waals surface area (Å²) in [5.74, 6) is 0.165. The Hall–Kier alpha value is -2.10. The van der Waals surface area contributed by atoms with Crippen molar-refractivity contribution in [1.29, 1.82) is 0 Å². The zero-order chi connectivity index (χ0) is 13.9. The Morgan fingerprint density at radius 1 is 1.15 bits per heavy atom. The molecule has 2 aromatic rings. The number of carbonyl (C=O) groups is 2. The van der Waals surface area contributed by atoms with Gasteiger partial charge >= 0.3 is 0 Å². The molecule has 0 aliphatic carbocycles. The van der Waals surface area contributed by atoms with Crippen molar-refractivity contribution in [2.24, 2.45) is 0 Å². The van der Waals surface area contributed by atoms with Gasteiger partial charge in [-0.25, -0.2) is 0 Å². The molecule has 0 saturated carbocycles. The van der Waals surface area contributed by atoms with E-state index in [0.29, 0.717) is 12.1 Å². The van der Waals surface area contributed by atoms with E-state index in [2.05, 4.69) is 0 Å². The van der Waals surface area contributed by atoms with E-state index >= 15 is 0 Å². The zero-order valence-corrected chi connectivity index (χ0v) is 11.4. The van der Waals surface area contributed by atoms with Crippen LogP contribution in [0.2, 0.25) is 0 Å². The molecule has 1 saturated heterocycles. The third-order valence-electron chi connectivity index (χ3n) is 3.95. The van der Waals surface area contributed by atoms with Crippen LogP contribution in [0.25, 0.3) is 10.9 Å². The number of piperidine rings is 1. The standard InChI is InChI=1S/C16H18N2O2/c19-12-13-4-5-14-6-9-18(15(14)10-13)11-16(20)17-7-2-1-3-8-17/h4-6,9-10,12H,1-3,7-8,11H2. The molecule has 0 radical (unpaired) electrons. The number of likely N-dealkylation sites (tertiary alicyclic amines) is 1.